The Morgan fingerprint density at radius 2 is 1.74 bits per heavy atom. The standard InChI is InChI=1S/C19H21NO3/c1-11-6-14(7-12(2)19(11)21-3)18-15-9-17-16(22-10-23-17)8-13(15)4-5-20-18/h6-9,18,20H,4-5,10H2,1-3H3. The molecule has 2 aromatic carbocycles. The number of hydrogen-bond donors (Lipinski definition) is 1. The molecule has 4 nitrogen and oxygen atoms in total. The lowest BCUT2D eigenvalue weighted by Gasteiger charge is -2.28. The fraction of sp³-hybridized carbons (Fsp3) is 0.368. The van der Waals surface area contributed by atoms with Crippen LogP contribution >= 0.6 is 0 Å². The molecular formula is C19H21NO3. The molecule has 2 aromatic rings. The zero-order valence-corrected chi connectivity index (χ0v) is 13.7. The van der Waals surface area contributed by atoms with Gasteiger partial charge in [0.1, 0.15) is 5.75 Å². The van der Waals surface area contributed by atoms with Gasteiger partial charge in [-0.3, -0.25) is 0 Å². The summed E-state index contributed by atoms with van der Waals surface area (Å²) >= 11 is 0. The summed E-state index contributed by atoms with van der Waals surface area (Å²) in [6.07, 6.45) is 1.01. The van der Waals surface area contributed by atoms with Gasteiger partial charge in [-0.25, -0.2) is 0 Å². The number of benzene rings is 2. The summed E-state index contributed by atoms with van der Waals surface area (Å²) in [5.41, 5.74) is 6.21. The largest absolute Gasteiger partial charge is 0.496 e. The van der Waals surface area contributed by atoms with Crippen molar-refractivity contribution in [3.05, 3.63) is 52.1 Å². The van der Waals surface area contributed by atoms with Gasteiger partial charge in [-0.2, -0.15) is 0 Å². The van der Waals surface area contributed by atoms with Crippen molar-refractivity contribution in [2.24, 2.45) is 0 Å². The minimum absolute atomic E-state index is 0.177. The van der Waals surface area contributed by atoms with E-state index in [2.05, 4.69) is 43.4 Å². The Balaban J connectivity index is 1.80. The molecule has 0 fully saturated rings. The van der Waals surface area contributed by atoms with Crippen molar-refractivity contribution in [3.63, 3.8) is 0 Å². The van der Waals surface area contributed by atoms with Crippen molar-refractivity contribution >= 4 is 0 Å². The molecule has 2 aliphatic rings. The minimum atomic E-state index is 0.177. The van der Waals surface area contributed by atoms with Crippen LogP contribution in [0.1, 0.15) is 33.9 Å². The van der Waals surface area contributed by atoms with E-state index in [-0.39, 0.29) is 6.04 Å². The molecule has 0 aromatic heterocycles. The molecule has 23 heavy (non-hydrogen) atoms. The molecule has 2 aliphatic heterocycles. The smallest absolute Gasteiger partial charge is 0.231 e. The first-order valence-electron chi connectivity index (χ1n) is 7.98. The quantitative estimate of drug-likeness (QED) is 0.924. The van der Waals surface area contributed by atoms with Gasteiger partial charge in [0.2, 0.25) is 6.79 Å². The highest BCUT2D eigenvalue weighted by Crippen LogP contribution is 2.40. The molecule has 0 radical (unpaired) electrons. The van der Waals surface area contributed by atoms with Gasteiger partial charge in [-0.1, -0.05) is 12.1 Å². The fourth-order valence-corrected chi connectivity index (χ4v) is 3.72. The number of aryl methyl sites for hydroxylation is 2. The summed E-state index contributed by atoms with van der Waals surface area (Å²) in [6.45, 7) is 5.47. The Kier molecular flexibility index (Phi) is 3.42. The molecule has 1 unspecified atom stereocenters. The molecule has 1 N–H and O–H groups in total. The zero-order valence-electron chi connectivity index (χ0n) is 13.7. The second-order valence-corrected chi connectivity index (χ2v) is 6.23. The topological polar surface area (TPSA) is 39.7 Å². The van der Waals surface area contributed by atoms with E-state index in [1.165, 1.54) is 16.7 Å². The molecular weight excluding hydrogens is 290 g/mol. The third-order valence-corrected chi connectivity index (χ3v) is 4.71. The van der Waals surface area contributed by atoms with Crippen LogP contribution in [0.2, 0.25) is 0 Å². The van der Waals surface area contributed by atoms with Crippen molar-refractivity contribution in [3.8, 4) is 17.2 Å². The molecule has 4 heteroatoms. The van der Waals surface area contributed by atoms with Crippen LogP contribution in [-0.2, 0) is 6.42 Å². The van der Waals surface area contributed by atoms with E-state index in [0.717, 1.165) is 41.3 Å². The van der Waals surface area contributed by atoms with E-state index in [1.54, 1.807) is 7.11 Å². The Bertz CT molecular complexity index is 746. The first-order chi connectivity index (χ1) is 11.2. The highest BCUT2D eigenvalue weighted by molar-refractivity contribution is 5.54. The summed E-state index contributed by atoms with van der Waals surface area (Å²) < 4.78 is 16.6. The molecule has 0 aliphatic carbocycles. The maximum atomic E-state index is 5.56. The Hall–Kier alpha value is -2.20. The average molecular weight is 311 g/mol. The molecule has 0 bridgehead atoms. The summed E-state index contributed by atoms with van der Waals surface area (Å²) in [5.74, 6) is 2.68. The van der Waals surface area contributed by atoms with E-state index in [4.69, 9.17) is 14.2 Å². The third-order valence-electron chi connectivity index (χ3n) is 4.71. The van der Waals surface area contributed by atoms with Crippen LogP contribution in [0.25, 0.3) is 0 Å². The number of hydrogen-bond acceptors (Lipinski definition) is 4. The first kappa shape index (κ1) is 14.4. The lowest BCUT2D eigenvalue weighted by Crippen LogP contribution is -2.30. The second-order valence-electron chi connectivity index (χ2n) is 6.23. The highest BCUT2D eigenvalue weighted by atomic mass is 16.7. The van der Waals surface area contributed by atoms with Gasteiger partial charge < -0.3 is 19.5 Å². The molecule has 0 saturated heterocycles. The summed E-state index contributed by atoms with van der Waals surface area (Å²) in [7, 11) is 1.73. The lowest BCUT2D eigenvalue weighted by atomic mass is 9.88. The Labute approximate surface area is 136 Å². The number of ether oxygens (including phenoxy) is 3. The number of fused-ring (bicyclic) bond motifs is 2. The van der Waals surface area contributed by atoms with Crippen molar-refractivity contribution in [2.45, 2.75) is 26.3 Å². The van der Waals surface area contributed by atoms with Gasteiger partial charge in [0, 0.05) is 6.54 Å². The Morgan fingerprint density at radius 3 is 2.43 bits per heavy atom. The summed E-state index contributed by atoms with van der Waals surface area (Å²) in [4.78, 5) is 0. The van der Waals surface area contributed by atoms with Crippen molar-refractivity contribution in [1.29, 1.82) is 0 Å². The van der Waals surface area contributed by atoms with E-state index < -0.39 is 0 Å². The molecule has 0 spiro atoms. The van der Waals surface area contributed by atoms with Crippen LogP contribution in [0.4, 0.5) is 0 Å². The molecule has 1 atom stereocenters. The van der Waals surface area contributed by atoms with Gasteiger partial charge in [0.25, 0.3) is 0 Å². The SMILES string of the molecule is COc1c(C)cc(C2NCCc3cc4c(cc32)OCO4)cc1C. The van der Waals surface area contributed by atoms with Crippen LogP contribution in [0, 0.1) is 13.8 Å². The van der Waals surface area contributed by atoms with Crippen molar-refractivity contribution in [2.75, 3.05) is 20.4 Å². The van der Waals surface area contributed by atoms with E-state index >= 15 is 0 Å². The van der Waals surface area contributed by atoms with Crippen LogP contribution in [0.3, 0.4) is 0 Å². The van der Waals surface area contributed by atoms with E-state index in [1.807, 2.05) is 0 Å². The minimum Gasteiger partial charge on any atom is -0.496 e. The van der Waals surface area contributed by atoms with Gasteiger partial charge in [-0.15, -0.1) is 0 Å². The summed E-state index contributed by atoms with van der Waals surface area (Å²) in [6, 6.07) is 8.86. The number of methoxy groups -OCH3 is 1. The molecule has 120 valence electrons. The van der Waals surface area contributed by atoms with Gasteiger partial charge >= 0.3 is 0 Å². The van der Waals surface area contributed by atoms with Gasteiger partial charge in [-0.05, 0) is 60.2 Å². The van der Waals surface area contributed by atoms with Gasteiger partial charge in [0.05, 0.1) is 13.2 Å². The molecule has 0 amide bonds. The van der Waals surface area contributed by atoms with Crippen LogP contribution < -0.4 is 19.5 Å². The first-order valence-corrected chi connectivity index (χ1v) is 7.98. The number of rotatable bonds is 2. The van der Waals surface area contributed by atoms with Crippen LogP contribution in [-0.4, -0.2) is 20.4 Å². The lowest BCUT2D eigenvalue weighted by molar-refractivity contribution is 0.174. The van der Waals surface area contributed by atoms with E-state index in [0.29, 0.717) is 6.79 Å². The van der Waals surface area contributed by atoms with Crippen molar-refractivity contribution < 1.29 is 14.2 Å². The number of nitrogens with one attached hydrogen (secondary N) is 1. The van der Waals surface area contributed by atoms with Crippen LogP contribution in [0.5, 0.6) is 17.2 Å². The third kappa shape index (κ3) is 2.34. The van der Waals surface area contributed by atoms with Crippen LogP contribution in [0.15, 0.2) is 24.3 Å². The normalized spacial score (nSPS) is 18.7. The zero-order chi connectivity index (χ0) is 16.0. The predicted octanol–water partition coefficient (Wildman–Crippen LogP) is 3.28. The highest BCUT2D eigenvalue weighted by Gasteiger charge is 2.26. The van der Waals surface area contributed by atoms with Crippen molar-refractivity contribution in [1.82, 2.24) is 5.32 Å². The summed E-state index contributed by atoms with van der Waals surface area (Å²) in [5, 5.41) is 3.64. The molecule has 0 saturated carbocycles. The van der Waals surface area contributed by atoms with Gasteiger partial charge in [0.15, 0.2) is 11.5 Å². The monoisotopic (exact) mass is 311 g/mol. The molecule has 4 rings (SSSR count). The average Bonchev–Trinajstić information content (AvgIpc) is 2.99. The predicted molar refractivity (Wildman–Crippen MR) is 88.6 cm³/mol. The maximum absolute atomic E-state index is 5.56. The second kappa shape index (κ2) is 5.46. The Morgan fingerprint density at radius 1 is 1.04 bits per heavy atom. The van der Waals surface area contributed by atoms with E-state index in [9.17, 15) is 0 Å². The molecule has 2 heterocycles. The fourth-order valence-electron chi connectivity index (χ4n) is 3.72. The maximum Gasteiger partial charge on any atom is 0.231 e.